The molecule has 1 heterocycles. The zero-order valence-electron chi connectivity index (χ0n) is 20.1. The molecule has 0 unspecified atom stereocenters. The van der Waals surface area contributed by atoms with Crippen molar-refractivity contribution in [3.8, 4) is 22.9 Å². The predicted octanol–water partition coefficient (Wildman–Crippen LogP) is 4.77. The molecule has 8 nitrogen and oxygen atoms in total. The van der Waals surface area contributed by atoms with Crippen molar-refractivity contribution in [1.29, 1.82) is 0 Å². The highest BCUT2D eigenvalue weighted by molar-refractivity contribution is 7.99. The number of rotatable bonds is 9. The van der Waals surface area contributed by atoms with Gasteiger partial charge in [0.15, 0.2) is 22.5 Å². The molecule has 1 amide bonds. The van der Waals surface area contributed by atoms with Gasteiger partial charge in [0, 0.05) is 12.1 Å². The number of amides is 1. The van der Waals surface area contributed by atoms with E-state index < -0.39 is 0 Å². The van der Waals surface area contributed by atoms with Crippen LogP contribution < -0.4 is 14.9 Å². The number of carbonyl (C=O) groups is 1. The molecular formula is C26H27N5O3S. The molecule has 1 aromatic heterocycles. The maximum Gasteiger partial charge on any atom is 0.250 e. The summed E-state index contributed by atoms with van der Waals surface area (Å²) in [6.07, 6.45) is 0. The smallest absolute Gasteiger partial charge is 0.250 e. The summed E-state index contributed by atoms with van der Waals surface area (Å²) in [5.41, 5.74) is 5.19. The lowest BCUT2D eigenvalue weighted by molar-refractivity contribution is -0.118. The van der Waals surface area contributed by atoms with Crippen molar-refractivity contribution in [2.45, 2.75) is 25.5 Å². The van der Waals surface area contributed by atoms with E-state index in [4.69, 9.17) is 9.47 Å². The number of hydrogen-bond donors (Lipinski definition) is 1. The van der Waals surface area contributed by atoms with Crippen molar-refractivity contribution < 1.29 is 14.3 Å². The van der Waals surface area contributed by atoms with Crippen molar-refractivity contribution in [2.24, 2.45) is 5.10 Å². The second-order valence-electron chi connectivity index (χ2n) is 7.70. The highest BCUT2D eigenvalue weighted by Crippen LogP contribution is 2.32. The Morgan fingerprint density at radius 3 is 2.51 bits per heavy atom. The molecule has 1 N–H and O–H groups in total. The third-order valence-corrected chi connectivity index (χ3v) is 6.49. The number of ether oxygens (including phenoxy) is 2. The van der Waals surface area contributed by atoms with Crippen molar-refractivity contribution >= 4 is 34.2 Å². The fourth-order valence-electron chi connectivity index (χ4n) is 3.66. The van der Waals surface area contributed by atoms with Crippen LogP contribution in [0.4, 0.5) is 0 Å². The number of carbonyl (C=O) groups excluding carboxylic acids is 1. The van der Waals surface area contributed by atoms with Gasteiger partial charge in [-0.3, -0.25) is 4.79 Å². The van der Waals surface area contributed by atoms with Crippen LogP contribution in [0, 0.1) is 0 Å². The average molecular weight is 490 g/mol. The molecule has 0 fully saturated rings. The van der Waals surface area contributed by atoms with E-state index in [1.165, 1.54) is 11.8 Å². The Kier molecular flexibility index (Phi) is 7.67. The van der Waals surface area contributed by atoms with E-state index in [1.54, 1.807) is 14.2 Å². The SMILES string of the molecule is CCn1c(SCC(=O)NN=C(C)c2ccc3ccccc3c2)nnc1-c1ccc(OC)c(OC)c1. The number of hydrazone groups is 1. The third kappa shape index (κ3) is 5.46. The lowest BCUT2D eigenvalue weighted by Crippen LogP contribution is -2.21. The standard InChI is InChI=1S/C26H27N5O3S/c1-5-31-25(21-12-13-22(33-3)23(15-21)34-4)29-30-26(31)35-16-24(32)28-27-17(2)19-11-10-18-8-6-7-9-20(18)14-19/h6-15H,5,16H2,1-4H3,(H,28,32). The van der Waals surface area contributed by atoms with Gasteiger partial charge >= 0.3 is 0 Å². The van der Waals surface area contributed by atoms with Crippen LogP contribution in [0.1, 0.15) is 19.4 Å². The van der Waals surface area contributed by atoms with Crippen LogP contribution in [0.15, 0.2) is 70.9 Å². The molecule has 0 aliphatic carbocycles. The van der Waals surface area contributed by atoms with Crippen LogP contribution in [0.5, 0.6) is 11.5 Å². The minimum absolute atomic E-state index is 0.165. The van der Waals surface area contributed by atoms with Gasteiger partial charge in [0.1, 0.15) is 0 Å². The molecule has 0 saturated carbocycles. The summed E-state index contributed by atoms with van der Waals surface area (Å²) >= 11 is 1.31. The maximum absolute atomic E-state index is 12.5. The minimum Gasteiger partial charge on any atom is -0.493 e. The molecule has 0 aliphatic heterocycles. The highest BCUT2D eigenvalue weighted by atomic mass is 32.2. The number of aromatic nitrogens is 3. The van der Waals surface area contributed by atoms with Crippen molar-refractivity contribution in [3.05, 3.63) is 66.2 Å². The van der Waals surface area contributed by atoms with Crippen molar-refractivity contribution in [3.63, 3.8) is 0 Å². The molecule has 9 heteroatoms. The summed E-state index contributed by atoms with van der Waals surface area (Å²) in [6.45, 7) is 4.54. The molecule has 4 aromatic rings. The van der Waals surface area contributed by atoms with Gasteiger partial charge in [0.05, 0.1) is 25.7 Å². The zero-order valence-corrected chi connectivity index (χ0v) is 20.9. The summed E-state index contributed by atoms with van der Waals surface area (Å²) in [4.78, 5) is 12.5. The van der Waals surface area contributed by atoms with Crippen LogP contribution in [-0.2, 0) is 11.3 Å². The summed E-state index contributed by atoms with van der Waals surface area (Å²) in [7, 11) is 3.19. The van der Waals surface area contributed by atoms with E-state index in [0.29, 0.717) is 29.0 Å². The Morgan fingerprint density at radius 1 is 1.00 bits per heavy atom. The lowest BCUT2D eigenvalue weighted by atomic mass is 10.0. The van der Waals surface area contributed by atoms with E-state index in [9.17, 15) is 4.79 Å². The van der Waals surface area contributed by atoms with Gasteiger partial charge in [0.2, 0.25) is 0 Å². The molecule has 0 bridgehead atoms. The largest absolute Gasteiger partial charge is 0.493 e. The summed E-state index contributed by atoms with van der Waals surface area (Å²) < 4.78 is 12.7. The molecule has 0 saturated heterocycles. The monoisotopic (exact) mass is 489 g/mol. The first-order valence-electron chi connectivity index (χ1n) is 11.1. The third-order valence-electron chi connectivity index (χ3n) is 5.52. The van der Waals surface area contributed by atoms with E-state index >= 15 is 0 Å². The second kappa shape index (κ2) is 11.1. The highest BCUT2D eigenvalue weighted by Gasteiger charge is 2.16. The Morgan fingerprint density at radius 2 is 1.77 bits per heavy atom. The average Bonchev–Trinajstić information content (AvgIpc) is 3.32. The van der Waals surface area contributed by atoms with Gasteiger partial charge in [0.25, 0.3) is 5.91 Å². The van der Waals surface area contributed by atoms with Crippen LogP contribution in [0.2, 0.25) is 0 Å². The predicted molar refractivity (Wildman–Crippen MR) is 139 cm³/mol. The Labute approximate surface area is 208 Å². The van der Waals surface area contributed by atoms with Crippen LogP contribution in [0.3, 0.4) is 0 Å². The maximum atomic E-state index is 12.5. The molecule has 0 atom stereocenters. The van der Waals surface area contributed by atoms with E-state index in [-0.39, 0.29) is 11.7 Å². The number of fused-ring (bicyclic) bond motifs is 1. The molecule has 0 aliphatic rings. The molecule has 35 heavy (non-hydrogen) atoms. The van der Waals surface area contributed by atoms with Gasteiger partial charge in [-0.1, -0.05) is 48.2 Å². The van der Waals surface area contributed by atoms with Gasteiger partial charge in [-0.15, -0.1) is 10.2 Å². The Hall–Kier alpha value is -3.85. The number of nitrogens with zero attached hydrogens (tertiary/aromatic N) is 4. The van der Waals surface area contributed by atoms with Crippen LogP contribution >= 0.6 is 11.8 Å². The molecule has 0 radical (unpaired) electrons. The van der Waals surface area contributed by atoms with Gasteiger partial charge in [-0.25, -0.2) is 5.43 Å². The molecule has 3 aromatic carbocycles. The summed E-state index contributed by atoms with van der Waals surface area (Å²) in [5.74, 6) is 1.90. The first kappa shape index (κ1) is 24.3. The normalized spacial score (nSPS) is 11.5. The van der Waals surface area contributed by atoms with Gasteiger partial charge in [-0.05, 0) is 54.4 Å². The first-order valence-corrected chi connectivity index (χ1v) is 12.1. The van der Waals surface area contributed by atoms with Gasteiger partial charge in [-0.2, -0.15) is 5.10 Å². The Bertz CT molecular complexity index is 1380. The lowest BCUT2D eigenvalue weighted by Gasteiger charge is -2.11. The Balaban J connectivity index is 1.42. The zero-order chi connectivity index (χ0) is 24.8. The van der Waals surface area contributed by atoms with E-state index in [0.717, 1.165) is 27.6 Å². The first-order chi connectivity index (χ1) is 17.0. The molecular weight excluding hydrogens is 462 g/mol. The topological polar surface area (TPSA) is 90.6 Å². The fourth-order valence-corrected chi connectivity index (χ4v) is 4.45. The van der Waals surface area contributed by atoms with Crippen LogP contribution in [0.25, 0.3) is 22.2 Å². The fraction of sp³-hybridized carbons (Fsp3) is 0.231. The quantitative estimate of drug-likeness (QED) is 0.207. The van der Waals surface area contributed by atoms with Gasteiger partial charge < -0.3 is 14.0 Å². The summed E-state index contributed by atoms with van der Waals surface area (Å²) in [6, 6.07) is 19.9. The summed E-state index contributed by atoms with van der Waals surface area (Å²) in [5, 5.41) is 15.9. The molecule has 180 valence electrons. The number of thioether (sulfide) groups is 1. The number of benzene rings is 3. The van der Waals surface area contributed by atoms with Crippen molar-refractivity contribution in [2.75, 3.05) is 20.0 Å². The number of methoxy groups -OCH3 is 2. The molecule has 4 rings (SSSR count). The number of nitrogens with one attached hydrogen (secondary N) is 1. The minimum atomic E-state index is -0.214. The number of hydrogen-bond acceptors (Lipinski definition) is 7. The van der Waals surface area contributed by atoms with E-state index in [1.807, 2.05) is 54.8 Å². The van der Waals surface area contributed by atoms with Crippen LogP contribution in [-0.4, -0.2) is 46.4 Å². The van der Waals surface area contributed by atoms with Crippen molar-refractivity contribution in [1.82, 2.24) is 20.2 Å². The molecule has 0 spiro atoms. The second-order valence-corrected chi connectivity index (χ2v) is 8.65. The van der Waals surface area contributed by atoms with E-state index in [2.05, 4.69) is 45.0 Å².